The van der Waals surface area contributed by atoms with Crippen molar-refractivity contribution < 1.29 is 13.9 Å². The van der Waals surface area contributed by atoms with E-state index < -0.39 is 5.97 Å². The van der Waals surface area contributed by atoms with Gasteiger partial charge in [-0.25, -0.2) is 4.79 Å². The highest BCUT2D eigenvalue weighted by Crippen LogP contribution is 2.23. The van der Waals surface area contributed by atoms with Gasteiger partial charge in [0, 0.05) is 13.0 Å². The second kappa shape index (κ2) is 6.25. The molecule has 0 aromatic carbocycles. The summed E-state index contributed by atoms with van der Waals surface area (Å²) in [6.07, 6.45) is 3.29. The number of hydrogen-bond acceptors (Lipinski definition) is 8. The molecule has 0 aliphatic carbocycles. The smallest absolute Gasteiger partial charge is 0.396 e. The number of carbonyl (C=O) groups excluding carboxylic acids is 1. The lowest BCUT2D eigenvalue weighted by Crippen LogP contribution is -2.12. The van der Waals surface area contributed by atoms with E-state index in [1.807, 2.05) is 0 Å². The van der Waals surface area contributed by atoms with Crippen LogP contribution in [0.25, 0.3) is 0 Å². The summed E-state index contributed by atoms with van der Waals surface area (Å²) in [4.78, 5) is 11.4. The van der Waals surface area contributed by atoms with Gasteiger partial charge in [0.2, 0.25) is 0 Å². The summed E-state index contributed by atoms with van der Waals surface area (Å²) in [7, 11) is 0. The molecular formula is C12H15N5O3S. The molecule has 3 heterocycles. The van der Waals surface area contributed by atoms with E-state index in [2.05, 4.69) is 25.0 Å². The molecule has 3 rings (SSSR count). The van der Waals surface area contributed by atoms with Gasteiger partial charge < -0.3 is 13.7 Å². The normalized spacial score (nSPS) is 14.0. The predicted octanol–water partition coefficient (Wildman–Crippen LogP) is 1.47. The molecule has 9 heteroatoms. The summed E-state index contributed by atoms with van der Waals surface area (Å²) in [6, 6.07) is 0. The van der Waals surface area contributed by atoms with Crippen molar-refractivity contribution in [3.8, 4) is 0 Å². The fourth-order valence-electron chi connectivity index (χ4n) is 2.14. The van der Waals surface area contributed by atoms with Crippen molar-refractivity contribution in [3.63, 3.8) is 0 Å². The molecule has 0 saturated carbocycles. The highest BCUT2D eigenvalue weighted by Gasteiger charge is 2.19. The first-order valence-electron chi connectivity index (χ1n) is 6.82. The highest BCUT2D eigenvalue weighted by molar-refractivity contribution is 7.98. The third-order valence-electron chi connectivity index (χ3n) is 3.12. The van der Waals surface area contributed by atoms with Crippen LogP contribution >= 0.6 is 11.8 Å². The summed E-state index contributed by atoms with van der Waals surface area (Å²) in [6.45, 7) is 2.95. The third kappa shape index (κ3) is 3.07. The van der Waals surface area contributed by atoms with E-state index in [4.69, 9.17) is 9.15 Å². The van der Waals surface area contributed by atoms with Crippen LogP contribution in [0.2, 0.25) is 0 Å². The lowest BCUT2D eigenvalue weighted by molar-refractivity contribution is 0.0475. The SMILES string of the molecule is CCOC(=O)c1nnc(SCc2nnc3n2CCCC3)o1. The van der Waals surface area contributed by atoms with E-state index >= 15 is 0 Å². The maximum absolute atomic E-state index is 11.4. The Kier molecular flexibility index (Phi) is 4.18. The number of rotatable bonds is 5. The highest BCUT2D eigenvalue weighted by atomic mass is 32.2. The summed E-state index contributed by atoms with van der Waals surface area (Å²) in [5, 5.41) is 16.2. The number of aryl methyl sites for hydroxylation is 1. The first-order valence-corrected chi connectivity index (χ1v) is 7.81. The van der Waals surface area contributed by atoms with Crippen LogP contribution in [0.4, 0.5) is 0 Å². The average Bonchev–Trinajstić information content (AvgIpc) is 3.12. The van der Waals surface area contributed by atoms with Crippen LogP contribution in [-0.4, -0.2) is 37.5 Å². The average molecular weight is 309 g/mol. The number of aromatic nitrogens is 5. The minimum atomic E-state index is -0.600. The van der Waals surface area contributed by atoms with Crippen LogP contribution in [0.3, 0.4) is 0 Å². The van der Waals surface area contributed by atoms with Gasteiger partial charge in [0.15, 0.2) is 0 Å². The minimum Gasteiger partial charge on any atom is -0.459 e. The Hall–Kier alpha value is -1.90. The van der Waals surface area contributed by atoms with Gasteiger partial charge in [0.1, 0.15) is 11.6 Å². The zero-order valence-electron chi connectivity index (χ0n) is 11.6. The van der Waals surface area contributed by atoms with Crippen LogP contribution in [0.15, 0.2) is 9.64 Å². The third-order valence-corrected chi connectivity index (χ3v) is 3.93. The maximum atomic E-state index is 11.4. The topological polar surface area (TPSA) is 95.9 Å². The van der Waals surface area contributed by atoms with Crippen molar-refractivity contribution in [1.29, 1.82) is 0 Å². The van der Waals surface area contributed by atoms with Gasteiger partial charge in [-0.15, -0.1) is 15.3 Å². The quantitative estimate of drug-likeness (QED) is 0.605. The number of esters is 1. The molecule has 0 saturated heterocycles. The van der Waals surface area contributed by atoms with Gasteiger partial charge >= 0.3 is 11.9 Å². The molecule has 0 spiro atoms. The van der Waals surface area contributed by atoms with Crippen LogP contribution in [0.1, 0.15) is 42.1 Å². The zero-order chi connectivity index (χ0) is 14.7. The molecule has 0 atom stereocenters. The van der Waals surface area contributed by atoms with Crippen molar-refractivity contribution in [2.24, 2.45) is 0 Å². The monoisotopic (exact) mass is 309 g/mol. The summed E-state index contributed by atoms with van der Waals surface area (Å²) >= 11 is 1.34. The zero-order valence-corrected chi connectivity index (χ0v) is 12.4. The van der Waals surface area contributed by atoms with Crippen molar-refractivity contribution in [1.82, 2.24) is 25.0 Å². The van der Waals surface area contributed by atoms with Crippen molar-refractivity contribution in [2.75, 3.05) is 6.61 Å². The number of hydrogen-bond donors (Lipinski definition) is 0. The van der Waals surface area contributed by atoms with Gasteiger partial charge in [-0.05, 0) is 19.8 Å². The van der Waals surface area contributed by atoms with E-state index in [1.165, 1.54) is 11.8 Å². The molecule has 0 N–H and O–H groups in total. The molecule has 0 radical (unpaired) electrons. The summed E-state index contributed by atoms with van der Waals surface area (Å²) in [5.41, 5.74) is 0. The van der Waals surface area contributed by atoms with Gasteiger partial charge in [-0.2, -0.15) is 0 Å². The largest absolute Gasteiger partial charge is 0.459 e. The number of carbonyl (C=O) groups is 1. The molecular weight excluding hydrogens is 294 g/mol. The van der Waals surface area contributed by atoms with E-state index in [0.29, 0.717) is 11.0 Å². The molecule has 21 heavy (non-hydrogen) atoms. The molecule has 0 unspecified atom stereocenters. The Morgan fingerprint density at radius 1 is 1.33 bits per heavy atom. The fraction of sp³-hybridized carbons (Fsp3) is 0.583. The second-order valence-corrected chi connectivity index (χ2v) is 5.45. The molecule has 0 fully saturated rings. The summed E-state index contributed by atoms with van der Waals surface area (Å²) < 4.78 is 12.2. The molecule has 0 bridgehead atoms. The van der Waals surface area contributed by atoms with Gasteiger partial charge in [0.05, 0.1) is 12.4 Å². The van der Waals surface area contributed by atoms with Crippen LogP contribution in [0.5, 0.6) is 0 Å². The first kappa shape index (κ1) is 14.1. The van der Waals surface area contributed by atoms with E-state index in [-0.39, 0.29) is 12.5 Å². The number of nitrogens with zero attached hydrogens (tertiary/aromatic N) is 5. The van der Waals surface area contributed by atoms with Crippen molar-refractivity contribution in [2.45, 2.75) is 43.7 Å². The molecule has 112 valence electrons. The standard InChI is InChI=1S/C12H15N5O3S/c1-2-19-11(18)10-15-16-12(20-10)21-7-9-14-13-8-5-3-4-6-17(8)9/h2-7H2,1H3. The predicted molar refractivity (Wildman–Crippen MR) is 72.8 cm³/mol. The van der Waals surface area contributed by atoms with E-state index in [0.717, 1.165) is 37.5 Å². The lowest BCUT2D eigenvalue weighted by Gasteiger charge is -2.13. The summed E-state index contributed by atoms with van der Waals surface area (Å²) in [5.74, 6) is 1.79. The Balaban J connectivity index is 1.63. The lowest BCUT2D eigenvalue weighted by atomic mass is 10.2. The van der Waals surface area contributed by atoms with E-state index in [1.54, 1.807) is 6.92 Å². The molecule has 0 amide bonds. The maximum Gasteiger partial charge on any atom is 0.396 e. The molecule has 2 aromatic heterocycles. The fourth-order valence-corrected chi connectivity index (χ4v) is 2.85. The minimum absolute atomic E-state index is 0.123. The molecule has 8 nitrogen and oxygen atoms in total. The second-order valence-electron chi connectivity index (χ2n) is 4.52. The Morgan fingerprint density at radius 3 is 3.10 bits per heavy atom. The van der Waals surface area contributed by atoms with Crippen LogP contribution < -0.4 is 0 Å². The first-order chi connectivity index (χ1) is 10.3. The number of thioether (sulfide) groups is 1. The van der Waals surface area contributed by atoms with Gasteiger partial charge in [-0.3, -0.25) is 0 Å². The Bertz CT molecular complexity index is 639. The van der Waals surface area contributed by atoms with Crippen LogP contribution in [0, 0.1) is 0 Å². The molecule has 1 aliphatic heterocycles. The van der Waals surface area contributed by atoms with Gasteiger partial charge in [-0.1, -0.05) is 16.9 Å². The van der Waals surface area contributed by atoms with Crippen molar-refractivity contribution >= 4 is 17.7 Å². The van der Waals surface area contributed by atoms with Gasteiger partial charge in [0.25, 0.3) is 5.22 Å². The van der Waals surface area contributed by atoms with Crippen molar-refractivity contribution in [3.05, 3.63) is 17.5 Å². The van der Waals surface area contributed by atoms with Crippen LogP contribution in [-0.2, 0) is 23.5 Å². The molecule has 2 aromatic rings. The Labute approximate surface area is 125 Å². The number of fused-ring (bicyclic) bond motifs is 1. The number of ether oxygens (including phenoxy) is 1. The Morgan fingerprint density at radius 2 is 2.24 bits per heavy atom. The van der Waals surface area contributed by atoms with E-state index in [9.17, 15) is 4.79 Å². The molecule has 1 aliphatic rings.